The summed E-state index contributed by atoms with van der Waals surface area (Å²) in [5, 5.41) is 0. The maximum atomic E-state index is 12.8. The van der Waals surface area contributed by atoms with Crippen LogP contribution in [0.4, 0.5) is 0 Å². The third-order valence-electron chi connectivity index (χ3n) is 15.7. The molecule has 0 bridgehead atoms. The SMILES string of the molecule is CCCCC/C=C\CCCCCCCC(=O)OCC(COC(=O)CCCCCCCCCCCCCCCCCCCCCCCCCCCCCCCCCCCC)OC(=O)CCCCCCC/C=C\CCCCC. The van der Waals surface area contributed by atoms with Crippen molar-refractivity contribution >= 4 is 17.9 Å². The van der Waals surface area contributed by atoms with Crippen molar-refractivity contribution in [3.63, 3.8) is 0 Å². The van der Waals surface area contributed by atoms with Gasteiger partial charge in [0, 0.05) is 19.3 Å². The Kier molecular flexibility index (Phi) is 63.6. The summed E-state index contributed by atoms with van der Waals surface area (Å²) in [6, 6.07) is 0. The summed E-state index contributed by atoms with van der Waals surface area (Å²) in [5.41, 5.74) is 0. The molecule has 0 spiro atoms. The van der Waals surface area contributed by atoms with E-state index in [0.717, 1.165) is 70.6 Å². The minimum absolute atomic E-state index is 0.0729. The first kappa shape index (κ1) is 73.9. The molecule has 6 nitrogen and oxygen atoms in total. The van der Waals surface area contributed by atoms with Gasteiger partial charge < -0.3 is 14.2 Å². The predicted octanol–water partition coefficient (Wildman–Crippen LogP) is 23.4. The van der Waals surface area contributed by atoms with Gasteiger partial charge in [0.05, 0.1) is 0 Å². The minimum Gasteiger partial charge on any atom is -0.462 e. The molecular formula is C70H132O6. The topological polar surface area (TPSA) is 78.9 Å². The molecule has 448 valence electrons. The molecule has 76 heavy (non-hydrogen) atoms. The second kappa shape index (κ2) is 65.4. The molecule has 1 atom stereocenters. The van der Waals surface area contributed by atoms with Crippen molar-refractivity contribution in [2.75, 3.05) is 13.2 Å². The second-order valence-electron chi connectivity index (χ2n) is 23.4. The van der Waals surface area contributed by atoms with Crippen molar-refractivity contribution in [1.29, 1.82) is 0 Å². The van der Waals surface area contributed by atoms with E-state index in [0.29, 0.717) is 19.3 Å². The first-order chi connectivity index (χ1) is 37.5. The van der Waals surface area contributed by atoms with E-state index in [1.807, 2.05) is 0 Å². The van der Waals surface area contributed by atoms with Gasteiger partial charge in [0.1, 0.15) is 13.2 Å². The molecule has 0 aromatic heterocycles. The summed E-state index contributed by atoms with van der Waals surface area (Å²) >= 11 is 0. The summed E-state index contributed by atoms with van der Waals surface area (Å²) in [4.78, 5) is 38.2. The van der Waals surface area contributed by atoms with Crippen molar-refractivity contribution < 1.29 is 28.6 Å². The Bertz CT molecular complexity index is 1230. The van der Waals surface area contributed by atoms with Crippen molar-refractivity contribution in [2.24, 2.45) is 0 Å². The lowest BCUT2D eigenvalue weighted by molar-refractivity contribution is -0.167. The Balaban J connectivity index is 3.97. The van der Waals surface area contributed by atoms with Gasteiger partial charge in [0.2, 0.25) is 0 Å². The van der Waals surface area contributed by atoms with Crippen molar-refractivity contribution in [2.45, 2.75) is 393 Å². The van der Waals surface area contributed by atoms with E-state index in [1.165, 1.54) is 276 Å². The summed E-state index contributed by atoms with van der Waals surface area (Å²) in [6.07, 6.45) is 79.5. The lowest BCUT2D eigenvalue weighted by Crippen LogP contribution is -2.30. The van der Waals surface area contributed by atoms with Crippen LogP contribution in [0, 0.1) is 0 Å². The molecule has 0 saturated heterocycles. The van der Waals surface area contributed by atoms with Gasteiger partial charge in [-0.3, -0.25) is 14.4 Å². The average Bonchev–Trinajstić information content (AvgIpc) is 3.42. The number of carbonyl (C=O) groups excluding carboxylic acids is 3. The maximum absolute atomic E-state index is 12.8. The molecule has 0 N–H and O–H groups in total. The Hall–Kier alpha value is -2.11. The predicted molar refractivity (Wildman–Crippen MR) is 330 cm³/mol. The Morgan fingerprint density at radius 2 is 0.434 bits per heavy atom. The van der Waals surface area contributed by atoms with Crippen LogP contribution in [0.1, 0.15) is 387 Å². The molecule has 0 heterocycles. The van der Waals surface area contributed by atoms with Crippen LogP contribution >= 0.6 is 0 Å². The van der Waals surface area contributed by atoms with E-state index in [-0.39, 0.29) is 31.1 Å². The molecule has 0 fully saturated rings. The number of carbonyl (C=O) groups is 3. The summed E-state index contributed by atoms with van der Waals surface area (Å²) in [7, 11) is 0. The molecule has 0 aliphatic rings. The van der Waals surface area contributed by atoms with Gasteiger partial charge in [-0.1, -0.05) is 321 Å². The van der Waals surface area contributed by atoms with Crippen LogP contribution in [-0.2, 0) is 28.6 Å². The normalized spacial score (nSPS) is 12.1. The fourth-order valence-corrected chi connectivity index (χ4v) is 10.5. The minimum atomic E-state index is -0.775. The number of rotatable bonds is 64. The third kappa shape index (κ3) is 62.7. The fourth-order valence-electron chi connectivity index (χ4n) is 10.5. The number of unbranched alkanes of at least 4 members (excludes halogenated alkanes) is 49. The third-order valence-corrected chi connectivity index (χ3v) is 15.7. The summed E-state index contributed by atoms with van der Waals surface area (Å²) < 4.78 is 16.9. The Morgan fingerprint density at radius 1 is 0.250 bits per heavy atom. The van der Waals surface area contributed by atoms with Gasteiger partial charge in [0.25, 0.3) is 0 Å². The van der Waals surface area contributed by atoms with Crippen LogP contribution in [0.5, 0.6) is 0 Å². The van der Waals surface area contributed by atoms with Crippen LogP contribution in [0.15, 0.2) is 24.3 Å². The lowest BCUT2D eigenvalue weighted by atomic mass is 10.0. The molecule has 0 radical (unpaired) electrons. The second-order valence-corrected chi connectivity index (χ2v) is 23.4. The average molecular weight is 1070 g/mol. The van der Waals surface area contributed by atoms with Gasteiger partial charge in [-0.25, -0.2) is 0 Å². The number of ether oxygens (including phenoxy) is 3. The van der Waals surface area contributed by atoms with Gasteiger partial charge >= 0.3 is 17.9 Å². The highest BCUT2D eigenvalue weighted by atomic mass is 16.6. The molecule has 6 heteroatoms. The smallest absolute Gasteiger partial charge is 0.306 e. The van der Waals surface area contributed by atoms with Crippen molar-refractivity contribution in [3.05, 3.63) is 24.3 Å². The lowest BCUT2D eigenvalue weighted by Gasteiger charge is -2.18. The first-order valence-electron chi connectivity index (χ1n) is 34.3. The van der Waals surface area contributed by atoms with Crippen molar-refractivity contribution in [1.82, 2.24) is 0 Å². The van der Waals surface area contributed by atoms with E-state index < -0.39 is 6.10 Å². The maximum Gasteiger partial charge on any atom is 0.306 e. The monoisotopic (exact) mass is 1070 g/mol. The summed E-state index contributed by atoms with van der Waals surface area (Å²) in [5.74, 6) is -0.870. The highest BCUT2D eigenvalue weighted by molar-refractivity contribution is 5.71. The number of hydrogen-bond donors (Lipinski definition) is 0. The zero-order valence-corrected chi connectivity index (χ0v) is 51.6. The van der Waals surface area contributed by atoms with Crippen LogP contribution in [0.3, 0.4) is 0 Å². The molecule has 0 aliphatic carbocycles. The molecule has 0 saturated carbocycles. The molecular weight excluding hydrogens is 937 g/mol. The number of allylic oxidation sites excluding steroid dienone is 4. The van der Waals surface area contributed by atoms with Gasteiger partial charge in [-0.15, -0.1) is 0 Å². The Morgan fingerprint density at radius 3 is 0.684 bits per heavy atom. The first-order valence-corrected chi connectivity index (χ1v) is 34.3. The van der Waals surface area contributed by atoms with Crippen LogP contribution in [0.25, 0.3) is 0 Å². The molecule has 0 aromatic rings. The molecule has 0 rings (SSSR count). The zero-order valence-electron chi connectivity index (χ0n) is 51.6. The van der Waals surface area contributed by atoms with Gasteiger partial charge in [0.15, 0.2) is 6.10 Å². The van der Waals surface area contributed by atoms with Crippen LogP contribution in [0.2, 0.25) is 0 Å². The van der Waals surface area contributed by atoms with Crippen molar-refractivity contribution in [3.8, 4) is 0 Å². The molecule has 0 aromatic carbocycles. The highest BCUT2D eigenvalue weighted by Crippen LogP contribution is 2.19. The largest absolute Gasteiger partial charge is 0.462 e. The van der Waals surface area contributed by atoms with E-state index in [9.17, 15) is 14.4 Å². The molecule has 1 unspecified atom stereocenters. The van der Waals surface area contributed by atoms with E-state index in [1.54, 1.807) is 0 Å². The number of esters is 3. The van der Waals surface area contributed by atoms with E-state index in [4.69, 9.17) is 14.2 Å². The Labute approximate surface area is 474 Å². The molecule has 0 aliphatic heterocycles. The van der Waals surface area contributed by atoms with Gasteiger partial charge in [-0.2, -0.15) is 0 Å². The fraction of sp³-hybridized carbons (Fsp3) is 0.900. The van der Waals surface area contributed by atoms with E-state index in [2.05, 4.69) is 45.1 Å². The van der Waals surface area contributed by atoms with Gasteiger partial charge in [-0.05, 0) is 70.6 Å². The van der Waals surface area contributed by atoms with Crippen LogP contribution < -0.4 is 0 Å². The standard InChI is InChI=1S/C70H132O6/c1-4-7-10-13-16-19-22-25-26-27-28-29-30-31-32-33-34-35-36-37-38-39-40-41-42-43-44-45-46-49-51-54-57-60-63-69(72)75-66-67(76-70(73)64-61-58-55-52-48-24-21-18-15-12-9-6-3)65-74-68(71)62-59-56-53-50-47-23-20-17-14-11-8-5-2/h17-18,20-21,67H,4-16,19,22-66H2,1-3H3/b20-17-,21-18-. The van der Waals surface area contributed by atoms with E-state index >= 15 is 0 Å². The summed E-state index contributed by atoms with van der Waals surface area (Å²) in [6.45, 7) is 6.63. The van der Waals surface area contributed by atoms with Crippen LogP contribution in [-0.4, -0.2) is 37.2 Å². The molecule has 0 amide bonds. The quantitative estimate of drug-likeness (QED) is 0.0261. The highest BCUT2D eigenvalue weighted by Gasteiger charge is 2.19. The zero-order chi connectivity index (χ0) is 55.0. The number of hydrogen-bond acceptors (Lipinski definition) is 6.